The number of carbonyl (C=O) groups is 2. The lowest BCUT2D eigenvalue weighted by Gasteiger charge is -2.33. The zero-order valence-corrected chi connectivity index (χ0v) is 12.4. The maximum atomic E-state index is 13.3. The van der Waals surface area contributed by atoms with Crippen LogP contribution < -0.4 is 11.1 Å². The Balaban J connectivity index is 2.29. The lowest BCUT2D eigenvalue weighted by molar-refractivity contribution is -0.140. The summed E-state index contributed by atoms with van der Waals surface area (Å²) >= 11 is 4.93. The average Bonchev–Trinajstić information content (AvgIpc) is 2.40. The Morgan fingerprint density at radius 3 is 2.86 bits per heavy atom. The minimum absolute atomic E-state index is 0.0883. The highest BCUT2D eigenvalue weighted by Gasteiger charge is 2.32. The van der Waals surface area contributed by atoms with Gasteiger partial charge in [-0.2, -0.15) is 0 Å². The number of carbonyl (C=O) groups excluding carboxylic acids is 2. The SMILES string of the molecule is CCC1C(=O)NC(=O)CN1Cc1ccc(F)cc1C(N)=S. The molecule has 0 aliphatic carbocycles. The standard InChI is InChI=1S/C14H16FN3O2S/c1-2-11-14(20)17-12(19)7-18(11)6-8-3-4-9(15)5-10(8)13(16)21/h3-5,11H,2,6-7H2,1H3,(H2,16,21)(H,17,19,20). The predicted octanol–water partition coefficient (Wildman–Crippen LogP) is 0.697. The van der Waals surface area contributed by atoms with Crippen molar-refractivity contribution in [2.45, 2.75) is 25.9 Å². The van der Waals surface area contributed by atoms with Gasteiger partial charge in [-0.05, 0) is 24.1 Å². The number of nitrogens with two attached hydrogens (primary N) is 1. The third-order valence-electron chi connectivity index (χ3n) is 3.45. The number of imide groups is 1. The molecule has 7 heteroatoms. The number of hydrogen-bond donors (Lipinski definition) is 2. The smallest absolute Gasteiger partial charge is 0.243 e. The molecule has 0 bridgehead atoms. The molecule has 1 heterocycles. The van der Waals surface area contributed by atoms with Crippen LogP contribution in [-0.2, 0) is 16.1 Å². The molecule has 0 saturated carbocycles. The number of benzene rings is 1. The molecule has 3 N–H and O–H groups in total. The van der Waals surface area contributed by atoms with Gasteiger partial charge < -0.3 is 5.73 Å². The first-order valence-electron chi connectivity index (χ1n) is 6.58. The highest BCUT2D eigenvalue weighted by molar-refractivity contribution is 7.80. The molecular formula is C14H16FN3O2S. The zero-order valence-electron chi connectivity index (χ0n) is 11.6. The second kappa shape index (κ2) is 6.28. The van der Waals surface area contributed by atoms with Gasteiger partial charge >= 0.3 is 0 Å². The van der Waals surface area contributed by atoms with E-state index in [2.05, 4.69) is 5.32 Å². The number of thiocarbonyl (C=S) groups is 1. The Kier molecular flexibility index (Phi) is 4.64. The Hall–Kier alpha value is -1.86. The topological polar surface area (TPSA) is 75.4 Å². The van der Waals surface area contributed by atoms with E-state index in [1.807, 2.05) is 6.92 Å². The number of hydrogen-bond acceptors (Lipinski definition) is 4. The minimum Gasteiger partial charge on any atom is -0.389 e. The van der Waals surface area contributed by atoms with Crippen LogP contribution in [0.4, 0.5) is 4.39 Å². The van der Waals surface area contributed by atoms with Crippen LogP contribution in [0.5, 0.6) is 0 Å². The molecule has 1 aliphatic heterocycles. The summed E-state index contributed by atoms with van der Waals surface area (Å²) in [5, 5.41) is 2.31. The van der Waals surface area contributed by atoms with Gasteiger partial charge in [-0.1, -0.05) is 25.2 Å². The molecule has 5 nitrogen and oxygen atoms in total. The van der Waals surface area contributed by atoms with E-state index in [-0.39, 0.29) is 23.3 Å². The van der Waals surface area contributed by atoms with E-state index < -0.39 is 11.9 Å². The van der Waals surface area contributed by atoms with E-state index in [1.54, 1.807) is 11.0 Å². The Labute approximate surface area is 127 Å². The number of rotatable bonds is 4. The van der Waals surface area contributed by atoms with Crippen molar-refractivity contribution in [3.8, 4) is 0 Å². The number of nitrogens with zero attached hydrogens (tertiary/aromatic N) is 1. The summed E-state index contributed by atoms with van der Waals surface area (Å²) in [6.07, 6.45) is 0.572. The van der Waals surface area contributed by atoms with Gasteiger partial charge in [-0.3, -0.25) is 19.8 Å². The molecule has 1 saturated heterocycles. The van der Waals surface area contributed by atoms with Crippen molar-refractivity contribution in [3.05, 3.63) is 35.1 Å². The van der Waals surface area contributed by atoms with Crippen LogP contribution in [0.25, 0.3) is 0 Å². The van der Waals surface area contributed by atoms with Crippen molar-refractivity contribution in [2.24, 2.45) is 5.73 Å². The van der Waals surface area contributed by atoms with Crippen molar-refractivity contribution in [3.63, 3.8) is 0 Å². The van der Waals surface area contributed by atoms with Crippen molar-refractivity contribution in [2.75, 3.05) is 6.54 Å². The van der Waals surface area contributed by atoms with Crippen molar-refractivity contribution < 1.29 is 14.0 Å². The average molecular weight is 309 g/mol. The third kappa shape index (κ3) is 3.43. The number of nitrogens with one attached hydrogen (secondary N) is 1. The van der Waals surface area contributed by atoms with Crippen LogP contribution in [-0.4, -0.2) is 34.3 Å². The van der Waals surface area contributed by atoms with Crippen LogP contribution >= 0.6 is 12.2 Å². The van der Waals surface area contributed by atoms with E-state index in [0.29, 0.717) is 24.1 Å². The van der Waals surface area contributed by atoms with E-state index in [1.165, 1.54) is 12.1 Å². The molecule has 1 aliphatic rings. The molecule has 2 amide bonds. The molecular weight excluding hydrogens is 293 g/mol. The summed E-state index contributed by atoms with van der Waals surface area (Å²) in [5.74, 6) is -1.09. The fourth-order valence-corrected chi connectivity index (χ4v) is 2.66. The summed E-state index contributed by atoms with van der Waals surface area (Å²) < 4.78 is 13.3. The minimum atomic E-state index is -0.430. The summed E-state index contributed by atoms with van der Waals surface area (Å²) in [7, 11) is 0. The van der Waals surface area contributed by atoms with Gasteiger partial charge in [0, 0.05) is 12.1 Å². The van der Waals surface area contributed by atoms with Gasteiger partial charge in [0.1, 0.15) is 10.8 Å². The van der Waals surface area contributed by atoms with Gasteiger partial charge in [-0.15, -0.1) is 0 Å². The lowest BCUT2D eigenvalue weighted by atomic mass is 10.0. The number of amides is 2. The maximum absolute atomic E-state index is 13.3. The van der Waals surface area contributed by atoms with E-state index in [0.717, 1.165) is 0 Å². The van der Waals surface area contributed by atoms with Gasteiger partial charge in [0.2, 0.25) is 11.8 Å². The molecule has 1 aromatic carbocycles. The number of piperazine rings is 1. The summed E-state index contributed by atoms with van der Waals surface area (Å²) in [6, 6.07) is 3.76. The van der Waals surface area contributed by atoms with Crippen LogP contribution in [0.1, 0.15) is 24.5 Å². The fraction of sp³-hybridized carbons (Fsp3) is 0.357. The first-order valence-corrected chi connectivity index (χ1v) is 6.99. The quantitative estimate of drug-likeness (QED) is 0.632. The van der Waals surface area contributed by atoms with E-state index >= 15 is 0 Å². The second-order valence-corrected chi connectivity index (χ2v) is 5.35. The van der Waals surface area contributed by atoms with Gasteiger partial charge in [0.05, 0.1) is 12.6 Å². The van der Waals surface area contributed by atoms with Gasteiger partial charge in [0.25, 0.3) is 0 Å². The Bertz CT molecular complexity index is 606. The maximum Gasteiger partial charge on any atom is 0.243 e. The molecule has 2 rings (SSSR count). The summed E-state index contributed by atoms with van der Waals surface area (Å²) in [6.45, 7) is 2.29. The molecule has 21 heavy (non-hydrogen) atoms. The van der Waals surface area contributed by atoms with Crippen LogP contribution in [0.2, 0.25) is 0 Å². The Morgan fingerprint density at radius 1 is 1.52 bits per heavy atom. The third-order valence-corrected chi connectivity index (χ3v) is 3.67. The van der Waals surface area contributed by atoms with Crippen LogP contribution in [0.3, 0.4) is 0 Å². The molecule has 0 spiro atoms. The van der Waals surface area contributed by atoms with Gasteiger partial charge in [0.15, 0.2) is 0 Å². The highest BCUT2D eigenvalue weighted by atomic mass is 32.1. The molecule has 1 unspecified atom stereocenters. The highest BCUT2D eigenvalue weighted by Crippen LogP contribution is 2.18. The first-order chi connectivity index (χ1) is 9.92. The largest absolute Gasteiger partial charge is 0.389 e. The molecule has 1 fully saturated rings. The van der Waals surface area contributed by atoms with Crippen molar-refractivity contribution in [1.82, 2.24) is 10.2 Å². The van der Waals surface area contributed by atoms with E-state index in [9.17, 15) is 14.0 Å². The summed E-state index contributed by atoms with van der Waals surface area (Å²) in [4.78, 5) is 25.2. The van der Waals surface area contributed by atoms with Crippen molar-refractivity contribution >= 4 is 29.0 Å². The monoisotopic (exact) mass is 309 g/mol. The van der Waals surface area contributed by atoms with Crippen LogP contribution in [0.15, 0.2) is 18.2 Å². The number of halogens is 1. The van der Waals surface area contributed by atoms with Crippen LogP contribution in [0, 0.1) is 5.82 Å². The molecule has 1 atom stereocenters. The zero-order chi connectivity index (χ0) is 15.6. The molecule has 1 aromatic rings. The lowest BCUT2D eigenvalue weighted by Crippen LogP contribution is -2.57. The van der Waals surface area contributed by atoms with Crippen molar-refractivity contribution in [1.29, 1.82) is 0 Å². The second-order valence-electron chi connectivity index (χ2n) is 4.91. The molecule has 0 aromatic heterocycles. The first kappa shape index (κ1) is 15.5. The molecule has 112 valence electrons. The predicted molar refractivity (Wildman–Crippen MR) is 79.9 cm³/mol. The molecule has 0 radical (unpaired) electrons. The Morgan fingerprint density at radius 2 is 2.24 bits per heavy atom. The van der Waals surface area contributed by atoms with Gasteiger partial charge in [-0.25, -0.2) is 4.39 Å². The van der Waals surface area contributed by atoms with E-state index in [4.69, 9.17) is 18.0 Å². The normalized spacial score (nSPS) is 19.4. The summed E-state index contributed by atoms with van der Waals surface area (Å²) in [5.41, 5.74) is 6.74. The fourth-order valence-electron chi connectivity index (χ4n) is 2.47.